The number of aliphatic hydroxyl groups is 5. The average molecular weight is 1050 g/mol. The highest BCUT2D eigenvalue weighted by atomic mass is 19.1. The Bertz CT molecular complexity index is 2100. The first kappa shape index (κ1) is 61.6. The number of hydrogen-bond acceptors (Lipinski definition) is 18. The lowest BCUT2D eigenvalue weighted by Gasteiger charge is -2.51. The van der Waals surface area contributed by atoms with E-state index in [9.17, 15) is 34.7 Å². The molecule has 20 atom stereocenters. The van der Waals surface area contributed by atoms with Crippen LogP contribution < -0.4 is 0 Å². The number of alkyl halides is 1. The van der Waals surface area contributed by atoms with Crippen LogP contribution in [0.3, 0.4) is 0 Å². The lowest BCUT2D eigenvalue weighted by molar-refractivity contribution is -0.302. The van der Waals surface area contributed by atoms with Gasteiger partial charge in [-0.2, -0.15) is 0 Å². The van der Waals surface area contributed by atoms with Crippen LogP contribution >= 0.6 is 0 Å². The summed E-state index contributed by atoms with van der Waals surface area (Å²) in [5.74, 6) is -3.26. The number of esters is 1. The molecule has 0 aliphatic carbocycles. The van der Waals surface area contributed by atoms with E-state index in [1.54, 1.807) is 47.7 Å². The summed E-state index contributed by atoms with van der Waals surface area (Å²) in [5.41, 5.74) is -1.61. The molecule has 3 fully saturated rings. The number of carbonyl (C=O) groups excluding carboxylic acids is 1. The van der Waals surface area contributed by atoms with Gasteiger partial charge in [0, 0.05) is 64.3 Å². The molecule has 74 heavy (non-hydrogen) atoms. The number of rotatable bonds is 16. The van der Waals surface area contributed by atoms with Crippen molar-refractivity contribution < 1.29 is 68.0 Å². The molecular weight excluding hydrogens is 960 g/mol. The summed E-state index contributed by atoms with van der Waals surface area (Å²) in [6, 6.07) is 5.62. The van der Waals surface area contributed by atoms with E-state index in [4.69, 9.17) is 33.3 Å². The molecule has 3 saturated heterocycles. The monoisotopic (exact) mass is 1050 g/mol. The first-order chi connectivity index (χ1) is 34.7. The second-order valence-electron chi connectivity index (χ2n) is 22.6. The number of carbonyl (C=O) groups is 1. The lowest BCUT2D eigenvalue weighted by Crippen LogP contribution is -2.62. The second kappa shape index (κ2) is 25.9. The smallest absolute Gasteiger partial charge is 0.309 e. The molecule has 5 rings (SSSR count). The largest absolute Gasteiger partial charge is 0.459 e. The first-order valence-corrected chi connectivity index (χ1v) is 26.5. The molecule has 0 bridgehead atoms. The van der Waals surface area contributed by atoms with E-state index in [2.05, 4.69) is 15.5 Å². The van der Waals surface area contributed by atoms with Crippen LogP contribution in [0, 0.1) is 23.7 Å². The molecule has 422 valence electrons. The zero-order valence-corrected chi connectivity index (χ0v) is 46.9. The Labute approximate surface area is 439 Å². The normalized spacial score (nSPS) is 39.5. The molecule has 2 aromatic rings. The van der Waals surface area contributed by atoms with E-state index in [-0.39, 0.29) is 25.2 Å². The van der Waals surface area contributed by atoms with Gasteiger partial charge in [-0.3, -0.25) is 4.79 Å². The number of nitrogens with zero attached hydrogens (tertiary/aromatic N) is 6. The van der Waals surface area contributed by atoms with E-state index in [0.29, 0.717) is 37.3 Å². The number of benzene rings is 1. The van der Waals surface area contributed by atoms with Gasteiger partial charge in [-0.25, -0.2) is 9.07 Å². The minimum atomic E-state index is -1.83. The van der Waals surface area contributed by atoms with Gasteiger partial charge in [0.25, 0.3) is 0 Å². The maximum absolute atomic E-state index is 14.9. The number of methoxy groups -OCH3 is 2. The van der Waals surface area contributed by atoms with E-state index >= 15 is 0 Å². The number of halogens is 1. The Kier molecular flexibility index (Phi) is 21.6. The SMILES string of the molecule is CC[C@H]1OC(=O)[C@H](C)[C@@H](C2C[C@@](C)(OC)[C@@H](O)[C@H](C)O2)[C@H](C)[C@@H](O[C@@H]2O[C@H](C)C[C@H](N(C)CCc3cn([C@H](CF)[C@H](OC)c4ccc(/C(C)=N/OC)cc4)nn3)[C@H]2O)[C@](C)(O)C[C@@H](C)CN(C)[C@H](C)[C@@H](O)[C@]1(C)O. The van der Waals surface area contributed by atoms with E-state index in [0.717, 1.165) is 11.1 Å². The van der Waals surface area contributed by atoms with Crippen molar-refractivity contribution in [2.75, 3.05) is 55.2 Å². The number of ether oxygens (including phenoxy) is 6. The minimum Gasteiger partial charge on any atom is -0.459 e. The molecule has 3 aliphatic heterocycles. The summed E-state index contributed by atoms with van der Waals surface area (Å²) >= 11 is 0. The Hall–Kier alpha value is -3.25. The van der Waals surface area contributed by atoms with Crippen LogP contribution in [0.25, 0.3) is 0 Å². The third-order valence-electron chi connectivity index (χ3n) is 16.7. The molecule has 19 nitrogen and oxygen atoms in total. The van der Waals surface area contributed by atoms with Crippen molar-refractivity contribution in [3.63, 3.8) is 0 Å². The fourth-order valence-electron chi connectivity index (χ4n) is 12.2. The van der Waals surface area contributed by atoms with Crippen molar-refractivity contribution in [1.29, 1.82) is 0 Å². The Morgan fingerprint density at radius 2 is 1.66 bits per heavy atom. The van der Waals surface area contributed by atoms with Crippen molar-refractivity contribution in [2.45, 2.75) is 204 Å². The molecule has 1 aromatic heterocycles. The van der Waals surface area contributed by atoms with Crippen LogP contribution in [-0.2, 0) is 44.5 Å². The average Bonchev–Trinajstić information content (AvgIpc) is 3.83. The molecule has 1 aromatic carbocycles. The van der Waals surface area contributed by atoms with E-state index < -0.39 is 127 Å². The van der Waals surface area contributed by atoms with Crippen LogP contribution in [0.2, 0.25) is 0 Å². The van der Waals surface area contributed by atoms with Gasteiger partial charge in [0.1, 0.15) is 55.9 Å². The van der Waals surface area contributed by atoms with Gasteiger partial charge in [0.05, 0.1) is 52.9 Å². The van der Waals surface area contributed by atoms with Gasteiger partial charge in [-0.05, 0) is 105 Å². The fraction of sp³-hybridized carbons (Fsp3) is 0.815. The quantitative estimate of drug-likeness (QED) is 0.0875. The van der Waals surface area contributed by atoms with Crippen molar-refractivity contribution in [2.24, 2.45) is 28.8 Å². The summed E-state index contributed by atoms with van der Waals surface area (Å²) in [5, 5.41) is 72.9. The van der Waals surface area contributed by atoms with Crippen LogP contribution in [-0.4, -0.2) is 201 Å². The number of cyclic esters (lactones) is 1. The van der Waals surface area contributed by atoms with Crippen LogP contribution in [0.15, 0.2) is 35.6 Å². The summed E-state index contributed by atoms with van der Waals surface area (Å²) in [7, 11) is 8.27. The third-order valence-corrected chi connectivity index (χ3v) is 16.7. The Morgan fingerprint density at radius 1 is 1.00 bits per heavy atom. The number of aliphatic hydroxyl groups excluding tert-OH is 3. The zero-order valence-electron chi connectivity index (χ0n) is 46.9. The predicted molar refractivity (Wildman–Crippen MR) is 276 cm³/mol. The molecule has 3 aliphatic rings. The summed E-state index contributed by atoms with van der Waals surface area (Å²) in [6.07, 6.45) is -6.29. The molecule has 0 saturated carbocycles. The fourth-order valence-corrected chi connectivity index (χ4v) is 12.2. The van der Waals surface area contributed by atoms with Crippen LogP contribution in [0.1, 0.15) is 131 Å². The Balaban J connectivity index is 1.44. The number of oxime groups is 1. The van der Waals surface area contributed by atoms with Gasteiger partial charge >= 0.3 is 5.97 Å². The highest BCUT2D eigenvalue weighted by molar-refractivity contribution is 5.98. The van der Waals surface area contributed by atoms with Crippen LogP contribution in [0.4, 0.5) is 4.39 Å². The van der Waals surface area contributed by atoms with Crippen molar-refractivity contribution in [3.05, 3.63) is 47.3 Å². The summed E-state index contributed by atoms with van der Waals surface area (Å²) < 4.78 is 54.4. The molecule has 1 unspecified atom stereocenters. The Morgan fingerprint density at radius 3 is 2.26 bits per heavy atom. The van der Waals surface area contributed by atoms with Gasteiger partial charge in [0.15, 0.2) is 6.29 Å². The standard InChI is InChI=1S/C54H91FN6O13/c1-17-43-54(11,67)47(63)35(7)60(13)28-30(2)25-52(9,66)49(32(4)44(33(5)50(65)73-43)42-26-53(10,69-15)48(64)36(8)72-42)74-51-45(62)40(24-31(3)71-51)59(12)23-22-39-29-61(58-56-39)41(27-55)46(68-14)38-20-18-37(19-21-38)34(6)57-70-16/h18-21,29-33,35-36,40-49,51,62-64,66-67H,17,22-28H2,1-16H3/b57-34+/t30-,31-,32+,33-,35-,36+,40+,41-,42?,43-,44+,45-,46-,47-,48+,49-,51+,52-,53-,54-/m1/s1. The van der Waals surface area contributed by atoms with Crippen molar-refractivity contribution in [1.82, 2.24) is 24.8 Å². The maximum Gasteiger partial charge on any atom is 0.309 e. The highest BCUT2D eigenvalue weighted by Crippen LogP contribution is 2.45. The number of hydrogen-bond donors (Lipinski definition) is 5. The predicted octanol–water partition coefficient (Wildman–Crippen LogP) is 4.65. The zero-order chi connectivity index (χ0) is 55.2. The third kappa shape index (κ3) is 13.9. The van der Waals surface area contributed by atoms with Gasteiger partial charge in [0.2, 0.25) is 0 Å². The molecule has 5 N–H and O–H groups in total. The van der Waals surface area contributed by atoms with E-state index in [1.165, 1.54) is 32.9 Å². The van der Waals surface area contributed by atoms with E-state index in [1.807, 2.05) is 75.9 Å². The molecule has 20 heteroatoms. The van der Waals surface area contributed by atoms with Crippen molar-refractivity contribution >= 4 is 11.7 Å². The summed E-state index contributed by atoms with van der Waals surface area (Å²) in [4.78, 5) is 23.5. The number of aromatic nitrogens is 3. The van der Waals surface area contributed by atoms with Crippen LogP contribution in [0.5, 0.6) is 0 Å². The first-order valence-electron chi connectivity index (χ1n) is 26.5. The lowest BCUT2D eigenvalue weighted by atomic mass is 9.68. The molecule has 0 radical (unpaired) electrons. The minimum absolute atomic E-state index is 0.170. The van der Waals surface area contributed by atoms with Gasteiger partial charge in [-0.1, -0.05) is 62.3 Å². The summed E-state index contributed by atoms with van der Waals surface area (Å²) in [6.45, 7) is 19.7. The van der Waals surface area contributed by atoms with Gasteiger partial charge < -0.3 is 68.6 Å². The molecule has 4 heterocycles. The second-order valence-corrected chi connectivity index (χ2v) is 22.6. The maximum atomic E-state index is 14.9. The van der Waals surface area contributed by atoms with Gasteiger partial charge in [-0.15, -0.1) is 5.10 Å². The highest BCUT2D eigenvalue weighted by Gasteiger charge is 2.55. The van der Waals surface area contributed by atoms with Crippen molar-refractivity contribution in [3.8, 4) is 0 Å². The molecule has 0 spiro atoms. The molecular formula is C54H91FN6O13. The number of likely N-dealkylation sites (N-methyl/N-ethyl adjacent to an activating group) is 2. The topological polar surface area (TPSA) is 232 Å². The molecule has 0 amide bonds.